The van der Waals surface area contributed by atoms with E-state index in [1.165, 1.54) is 11.8 Å². The second-order valence-electron chi connectivity index (χ2n) is 2.44. The lowest BCUT2D eigenvalue weighted by molar-refractivity contribution is -0.115. The minimum absolute atomic E-state index is 0.213. The summed E-state index contributed by atoms with van der Waals surface area (Å²) < 4.78 is 0. The van der Waals surface area contributed by atoms with Crippen LogP contribution in [0.25, 0.3) is 0 Å². The van der Waals surface area contributed by atoms with Crippen molar-refractivity contribution in [1.82, 2.24) is 0 Å². The Morgan fingerprint density at radius 3 is 2.85 bits per heavy atom. The molecular weight excluding hydrogens is 208 g/mol. The van der Waals surface area contributed by atoms with E-state index in [1.54, 1.807) is 18.2 Å². The van der Waals surface area contributed by atoms with Gasteiger partial charge in [-0.3, -0.25) is 4.79 Å². The predicted octanol–water partition coefficient (Wildman–Crippen LogP) is 1.50. The highest BCUT2D eigenvalue weighted by Crippen LogP contribution is 2.27. The van der Waals surface area contributed by atoms with Crippen molar-refractivity contribution in [3.63, 3.8) is 0 Å². The van der Waals surface area contributed by atoms with Gasteiger partial charge in [-0.05, 0) is 18.2 Å². The highest BCUT2D eigenvalue weighted by molar-refractivity contribution is 8.00. The third-order valence-corrected chi connectivity index (χ3v) is 2.67. The Hall–Kier alpha value is -0.870. The van der Waals surface area contributed by atoms with Gasteiger partial charge < -0.3 is 11.5 Å². The fourth-order valence-electron chi connectivity index (χ4n) is 0.782. The number of carbonyl (C=O) groups excluding carboxylic acids is 1. The molecule has 0 saturated carbocycles. The number of primary amides is 1. The number of halogens is 1. The predicted molar refractivity (Wildman–Crippen MR) is 55.8 cm³/mol. The maximum absolute atomic E-state index is 10.5. The molecule has 0 aliphatic heterocycles. The Kier molecular flexibility index (Phi) is 3.45. The van der Waals surface area contributed by atoms with Crippen LogP contribution in [0.15, 0.2) is 23.1 Å². The fraction of sp³-hybridized carbons (Fsp3) is 0.125. The molecule has 0 spiro atoms. The van der Waals surface area contributed by atoms with Gasteiger partial charge in [0.25, 0.3) is 0 Å². The first-order chi connectivity index (χ1) is 6.09. The Morgan fingerprint density at radius 2 is 2.23 bits per heavy atom. The molecular formula is C8H9ClN2OS. The molecule has 0 unspecified atom stereocenters. The number of thioether (sulfide) groups is 1. The van der Waals surface area contributed by atoms with E-state index in [9.17, 15) is 4.79 Å². The van der Waals surface area contributed by atoms with Crippen molar-refractivity contribution < 1.29 is 4.79 Å². The van der Waals surface area contributed by atoms with E-state index in [4.69, 9.17) is 23.1 Å². The molecule has 1 rings (SSSR count). The second kappa shape index (κ2) is 4.39. The number of anilines is 1. The smallest absolute Gasteiger partial charge is 0.227 e. The van der Waals surface area contributed by atoms with Crippen molar-refractivity contribution in [2.45, 2.75) is 4.90 Å². The number of rotatable bonds is 3. The van der Waals surface area contributed by atoms with Crippen molar-refractivity contribution in [1.29, 1.82) is 0 Å². The number of amides is 1. The second-order valence-corrected chi connectivity index (χ2v) is 3.89. The lowest BCUT2D eigenvalue weighted by Gasteiger charge is -2.03. The van der Waals surface area contributed by atoms with Gasteiger partial charge in [0.05, 0.1) is 5.75 Å². The van der Waals surface area contributed by atoms with E-state index in [0.717, 1.165) is 4.90 Å². The Bertz CT molecular complexity index is 330. The van der Waals surface area contributed by atoms with Gasteiger partial charge >= 0.3 is 0 Å². The molecule has 70 valence electrons. The minimum Gasteiger partial charge on any atom is -0.398 e. The van der Waals surface area contributed by atoms with Gasteiger partial charge in [0, 0.05) is 15.6 Å². The first-order valence-electron chi connectivity index (χ1n) is 3.55. The molecule has 0 atom stereocenters. The van der Waals surface area contributed by atoms with Gasteiger partial charge in [-0.15, -0.1) is 11.8 Å². The van der Waals surface area contributed by atoms with E-state index in [0.29, 0.717) is 10.7 Å². The number of nitrogens with two attached hydrogens (primary N) is 2. The average molecular weight is 217 g/mol. The largest absolute Gasteiger partial charge is 0.398 e. The van der Waals surface area contributed by atoms with Crippen LogP contribution in [-0.4, -0.2) is 11.7 Å². The SMILES string of the molecule is NC(=O)CSc1cc(Cl)ccc1N. The van der Waals surface area contributed by atoms with Gasteiger partial charge in [0.2, 0.25) is 5.91 Å². The highest BCUT2D eigenvalue weighted by Gasteiger charge is 2.02. The van der Waals surface area contributed by atoms with Crippen LogP contribution in [0, 0.1) is 0 Å². The molecule has 1 aromatic carbocycles. The number of hydrogen-bond acceptors (Lipinski definition) is 3. The third kappa shape index (κ3) is 3.16. The topological polar surface area (TPSA) is 69.1 Å². The number of benzene rings is 1. The maximum Gasteiger partial charge on any atom is 0.227 e. The average Bonchev–Trinajstić information content (AvgIpc) is 2.06. The number of hydrogen-bond donors (Lipinski definition) is 2. The van der Waals surface area contributed by atoms with Gasteiger partial charge in [0.1, 0.15) is 0 Å². The molecule has 3 nitrogen and oxygen atoms in total. The van der Waals surface area contributed by atoms with E-state index >= 15 is 0 Å². The lowest BCUT2D eigenvalue weighted by atomic mass is 10.3. The minimum atomic E-state index is -0.371. The van der Waals surface area contributed by atoms with Gasteiger partial charge in [0.15, 0.2) is 0 Å². The zero-order valence-corrected chi connectivity index (χ0v) is 8.36. The monoisotopic (exact) mass is 216 g/mol. The molecule has 1 amide bonds. The number of nitrogen functional groups attached to an aromatic ring is 1. The van der Waals surface area contributed by atoms with Crippen LogP contribution < -0.4 is 11.5 Å². The molecule has 0 heterocycles. The molecule has 0 aromatic heterocycles. The van der Waals surface area contributed by atoms with E-state index in [-0.39, 0.29) is 11.7 Å². The zero-order valence-electron chi connectivity index (χ0n) is 6.79. The maximum atomic E-state index is 10.5. The summed E-state index contributed by atoms with van der Waals surface area (Å²) in [4.78, 5) is 11.3. The Balaban J connectivity index is 2.75. The van der Waals surface area contributed by atoms with Crippen molar-refractivity contribution in [2.24, 2.45) is 5.73 Å². The summed E-state index contributed by atoms with van der Waals surface area (Å²) in [6.45, 7) is 0. The molecule has 0 fully saturated rings. The summed E-state index contributed by atoms with van der Waals surface area (Å²) in [5.74, 6) is -0.158. The summed E-state index contributed by atoms with van der Waals surface area (Å²) in [7, 11) is 0. The normalized spacial score (nSPS) is 9.92. The quantitative estimate of drug-likeness (QED) is 0.594. The van der Waals surface area contributed by atoms with Crippen LogP contribution in [0.3, 0.4) is 0 Å². The van der Waals surface area contributed by atoms with Crippen LogP contribution in [-0.2, 0) is 4.79 Å². The molecule has 4 N–H and O–H groups in total. The van der Waals surface area contributed by atoms with Crippen LogP contribution in [0.1, 0.15) is 0 Å². The molecule has 0 aliphatic rings. The van der Waals surface area contributed by atoms with Crippen molar-refractivity contribution in [2.75, 3.05) is 11.5 Å². The summed E-state index contributed by atoms with van der Waals surface area (Å²) in [6, 6.07) is 5.11. The third-order valence-electron chi connectivity index (χ3n) is 1.35. The summed E-state index contributed by atoms with van der Waals surface area (Å²) >= 11 is 7.03. The molecule has 0 saturated heterocycles. The van der Waals surface area contributed by atoms with Crippen molar-refractivity contribution in [3.05, 3.63) is 23.2 Å². The summed E-state index contributed by atoms with van der Waals surface area (Å²) in [5.41, 5.74) is 11.2. The van der Waals surface area contributed by atoms with Crippen LogP contribution in [0.5, 0.6) is 0 Å². The Labute approximate surface area is 85.4 Å². The van der Waals surface area contributed by atoms with Crippen LogP contribution in [0.4, 0.5) is 5.69 Å². The molecule has 0 bridgehead atoms. The van der Waals surface area contributed by atoms with Gasteiger partial charge in [-0.1, -0.05) is 11.6 Å². The summed E-state index contributed by atoms with van der Waals surface area (Å²) in [5, 5.41) is 0.598. The lowest BCUT2D eigenvalue weighted by Crippen LogP contribution is -2.13. The van der Waals surface area contributed by atoms with E-state index in [1.807, 2.05) is 0 Å². The molecule has 5 heteroatoms. The highest BCUT2D eigenvalue weighted by atomic mass is 35.5. The number of carbonyl (C=O) groups is 1. The fourth-order valence-corrected chi connectivity index (χ4v) is 1.76. The van der Waals surface area contributed by atoms with Gasteiger partial charge in [-0.2, -0.15) is 0 Å². The standard InChI is InChI=1S/C8H9ClN2OS/c9-5-1-2-6(10)7(3-5)13-4-8(11)12/h1-3H,4,10H2,(H2,11,12). The van der Waals surface area contributed by atoms with Crippen molar-refractivity contribution in [3.8, 4) is 0 Å². The van der Waals surface area contributed by atoms with Crippen LogP contribution in [0.2, 0.25) is 5.02 Å². The Morgan fingerprint density at radius 1 is 1.54 bits per heavy atom. The molecule has 13 heavy (non-hydrogen) atoms. The van der Waals surface area contributed by atoms with Crippen LogP contribution >= 0.6 is 23.4 Å². The zero-order chi connectivity index (χ0) is 9.84. The van der Waals surface area contributed by atoms with E-state index in [2.05, 4.69) is 0 Å². The summed E-state index contributed by atoms with van der Waals surface area (Å²) in [6.07, 6.45) is 0. The van der Waals surface area contributed by atoms with E-state index < -0.39 is 0 Å². The molecule has 1 aromatic rings. The van der Waals surface area contributed by atoms with Gasteiger partial charge in [-0.25, -0.2) is 0 Å². The molecule has 0 radical (unpaired) electrons. The van der Waals surface area contributed by atoms with Crippen molar-refractivity contribution >= 4 is 35.0 Å². The first-order valence-corrected chi connectivity index (χ1v) is 4.92. The first kappa shape index (κ1) is 10.2. The molecule has 0 aliphatic carbocycles.